The lowest BCUT2D eigenvalue weighted by Crippen LogP contribution is -2.25. The van der Waals surface area contributed by atoms with Gasteiger partial charge in [-0.15, -0.1) is 11.8 Å². The molecule has 19 heavy (non-hydrogen) atoms. The molecule has 3 unspecified atom stereocenters. The van der Waals surface area contributed by atoms with E-state index in [0.717, 1.165) is 5.56 Å². The van der Waals surface area contributed by atoms with Crippen LogP contribution in [0.5, 0.6) is 0 Å². The first-order valence-corrected chi connectivity index (χ1v) is 7.28. The van der Waals surface area contributed by atoms with E-state index in [0.29, 0.717) is 12.4 Å². The smallest absolute Gasteiger partial charge is 0.316 e. The molecule has 0 aliphatic carbocycles. The van der Waals surface area contributed by atoms with Crippen LogP contribution in [-0.4, -0.2) is 34.8 Å². The van der Waals surface area contributed by atoms with Gasteiger partial charge < -0.3 is 14.6 Å². The van der Waals surface area contributed by atoms with Gasteiger partial charge in [0.05, 0.1) is 18.0 Å². The third-order valence-corrected chi connectivity index (χ3v) is 4.38. The van der Waals surface area contributed by atoms with Crippen molar-refractivity contribution in [2.24, 2.45) is 0 Å². The Morgan fingerprint density at radius 2 is 2.21 bits per heavy atom. The molecule has 5 heteroatoms. The van der Waals surface area contributed by atoms with Crippen LogP contribution in [0, 0.1) is 0 Å². The van der Waals surface area contributed by atoms with Crippen LogP contribution in [0.15, 0.2) is 30.3 Å². The molecule has 1 fully saturated rings. The first-order valence-electron chi connectivity index (χ1n) is 6.23. The van der Waals surface area contributed by atoms with Gasteiger partial charge in [0.1, 0.15) is 0 Å². The molecule has 1 aromatic carbocycles. The van der Waals surface area contributed by atoms with Gasteiger partial charge >= 0.3 is 5.97 Å². The average molecular weight is 282 g/mol. The summed E-state index contributed by atoms with van der Waals surface area (Å²) in [5.74, 6) is -0.899. The third-order valence-electron chi connectivity index (χ3n) is 3.11. The number of ether oxygens (including phenoxy) is 2. The summed E-state index contributed by atoms with van der Waals surface area (Å²) in [6.45, 7) is 4.07. The van der Waals surface area contributed by atoms with E-state index in [4.69, 9.17) is 14.6 Å². The van der Waals surface area contributed by atoms with E-state index >= 15 is 0 Å². The monoisotopic (exact) mass is 282 g/mol. The topological polar surface area (TPSA) is 55.8 Å². The summed E-state index contributed by atoms with van der Waals surface area (Å²) in [5, 5.41) is 8.42. The fourth-order valence-electron chi connectivity index (χ4n) is 1.94. The zero-order valence-electron chi connectivity index (χ0n) is 11.0. The summed E-state index contributed by atoms with van der Waals surface area (Å²) >= 11 is 1.37. The fraction of sp³-hybridized carbons (Fsp3) is 0.500. The highest BCUT2D eigenvalue weighted by Crippen LogP contribution is 2.34. The van der Waals surface area contributed by atoms with Crippen LogP contribution in [0.3, 0.4) is 0 Å². The predicted molar refractivity (Wildman–Crippen MR) is 74.2 cm³/mol. The van der Waals surface area contributed by atoms with Crippen molar-refractivity contribution in [1.82, 2.24) is 0 Å². The number of aliphatic carboxylic acids is 1. The molecule has 1 N–H and O–H groups in total. The van der Waals surface area contributed by atoms with Gasteiger partial charge in [-0.3, -0.25) is 4.79 Å². The molecule has 1 heterocycles. The number of benzene rings is 1. The Kier molecular flexibility index (Phi) is 4.50. The molecule has 1 aliphatic rings. The number of rotatable bonds is 5. The molecular weight excluding hydrogens is 264 g/mol. The second kappa shape index (κ2) is 5.94. The zero-order valence-corrected chi connectivity index (χ0v) is 11.9. The summed E-state index contributed by atoms with van der Waals surface area (Å²) in [6.07, 6.45) is -0.0722. The molecule has 1 aliphatic heterocycles. The molecule has 4 nitrogen and oxygen atoms in total. The molecule has 104 valence electrons. The maximum Gasteiger partial charge on any atom is 0.316 e. The Morgan fingerprint density at radius 1 is 1.53 bits per heavy atom. The van der Waals surface area contributed by atoms with Crippen molar-refractivity contribution in [3.63, 3.8) is 0 Å². The first-order chi connectivity index (χ1) is 9.01. The molecule has 2 rings (SSSR count). The van der Waals surface area contributed by atoms with Crippen molar-refractivity contribution in [1.29, 1.82) is 0 Å². The van der Waals surface area contributed by atoms with Crippen molar-refractivity contribution >= 4 is 17.7 Å². The second-order valence-corrected chi connectivity index (χ2v) is 6.05. The van der Waals surface area contributed by atoms with E-state index in [9.17, 15) is 4.79 Å². The van der Waals surface area contributed by atoms with Crippen LogP contribution in [0.2, 0.25) is 0 Å². The van der Waals surface area contributed by atoms with Gasteiger partial charge in [-0.05, 0) is 13.8 Å². The second-order valence-electron chi connectivity index (χ2n) is 4.68. The first kappa shape index (κ1) is 14.4. The third kappa shape index (κ3) is 3.49. The number of thioether (sulfide) groups is 1. The number of carboxylic acids is 1. The normalized spacial score (nSPS) is 28.2. The summed E-state index contributed by atoms with van der Waals surface area (Å²) in [4.78, 5) is 10.8. The lowest BCUT2D eigenvalue weighted by atomic mass is 10.1. The summed E-state index contributed by atoms with van der Waals surface area (Å²) in [7, 11) is 0. The van der Waals surface area contributed by atoms with Crippen LogP contribution in [-0.2, 0) is 20.1 Å². The van der Waals surface area contributed by atoms with Crippen molar-refractivity contribution in [3.8, 4) is 0 Å². The summed E-state index contributed by atoms with van der Waals surface area (Å²) in [5.41, 5.74) is 0.980. The highest BCUT2D eigenvalue weighted by molar-refractivity contribution is 8.00. The molecule has 3 atom stereocenters. The van der Waals surface area contributed by atoms with E-state index in [2.05, 4.69) is 0 Å². The molecule has 0 amide bonds. The van der Waals surface area contributed by atoms with E-state index in [1.54, 1.807) is 6.92 Å². The minimum absolute atomic E-state index is 0.0722. The average Bonchev–Trinajstić information content (AvgIpc) is 2.80. The fourth-order valence-corrected chi connectivity index (χ4v) is 2.75. The van der Waals surface area contributed by atoms with E-state index in [-0.39, 0.29) is 6.10 Å². The van der Waals surface area contributed by atoms with E-state index in [1.165, 1.54) is 11.8 Å². The van der Waals surface area contributed by atoms with Crippen LogP contribution in [0.4, 0.5) is 0 Å². The maximum atomic E-state index is 10.8. The van der Waals surface area contributed by atoms with Crippen molar-refractivity contribution < 1.29 is 19.4 Å². The van der Waals surface area contributed by atoms with Crippen LogP contribution >= 0.6 is 11.8 Å². The Bertz CT molecular complexity index is 436. The van der Waals surface area contributed by atoms with Gasteiger partial charge in [0, 0.05) is 11.3 Å². The van der Waals surface area contributed by atoms with Crippen LogP contribution in [0.25, 0.3) is 0 Å². The highest BCUT2D eigenvalue weighted by Gasteiger charge is 2.38. The molecule has 1 saturated heterocycles. The Hall–Kier alpha value is -1.04. The van der Waals surface area contributed by atoms with E-state index < -0.39 is 17.0 Å². The number of carbonyl (C=O) groups is 1. The van der Waals surface area contributed by atoms with Gasteiger partial charge in [0.25, 0.3) is 0 Å². The van der Waals surface area contributed by atoms with Crippen LogP contribution in [0.1, 0.15) is 19.4 Å². The van der Waals surface area contributed by atoms with Crippen molar-refractivity contribution in [2.45, 2.75) is 31.0 Å². The molecule has 0 bridgehead atoms. The maximum absolute atomic E-state index is 10.8. The minimum Gasteiger partial charge on any atom is -0.480 e. The Labute approximate surface area is 117 Å². The highest BCUT2D eigenvalue weighted by atomic mass is 32.2. The molecular formula is C14H18O4S. The standard InChI is InChI=1S/C14H18O4S/c1-10(13(15)16)19-9-12-8-17-14(2,18-12)11-6-4-3-5-7-11/h3-7,10,12H,8-9H2,1-2H3,(H,15,16). The van der Waals surface area contributed by atoms with Gasteiger partial charge in [0.15, 0.2) is 5.79 Å². The van der Waals surface area contributed by atoms with Crippen molar-refractivity contribution in [3.05, 3.63) is 35.9 Å². The van der Waals surface area contributed by atoms with E-state index in [1.807, 2.05) is 37.3 Å². The molecule has 0 aromatic heterocycles. The number of carboxylic acid groups (broad SMARTS) is 1. The minimum atomic E-state index is -0.797. The lowest BCUT2D eigenvalue weighted by molar-refractivity contribution is -0.159. The Morgan fingerprint density at radius 3 is 2.84 bits per heavy atom. The molecule has 1 aromatic rings. The van der Waals surface area contributed by atoms with Gasteiger partial charge in [-0.25, -0.2) is 0 Å². The number of hydrogen-bond acceptors (Lipinski definition) is 4. The Balaban J connectivity index is 1.91. The number of hydrogen-bond donors (Lipinski definition) is 1. The zero-order chi connectivity index (χ0) is 13.9. The SMILES string of the molecule is CC(SCC1COC(C)(c2ccccc2)O1)C(=O)O. The summed E-state index contributed by atoms with van der Waals surface area (Å²) < 4.78 is 11.7. The molecule has 0 spiro atoms. The summed E-state index contributed by atoms with van der Waals surface area (Å²) in [6, 6.07) is 9.78. The quantitative estimate of drug-likeness (QED) is 0.899. The lowest BCUT2D eigenvalue weighted by Gasteiger charge is -2.23. The van der Waals surface area contributed by atoms with Gasteiger partial charge in [-0.1, -0.05) is 30.3 Å². The van der Waals surface area contributed by atoms with Gasteiger partial charge in [-0.2, -0.15) is 0 Å². The van der Waals surface area contributed by atoms with Gasteiger partial charge in [0.2, 0.25) is 0 Å². The largest absolute Gasteiger partial charge is 0.480 e. The predicted octanol–water partition coefficient (Wildman–Crippen LogP) is 2.48. The molecule has 0 saturated carbocycles. The molecule has 0 radical (unpaired) electrons. The van der Waals surface area contributed by atoms with Crippen molar-refractivity contribution in [2.75, 3.05) is 12.4 Å². The van der Waals surface area contributed by atoms with Crippen LogP contribution < -0.4 is 0 Å².